The van der Waals surface area contributed by atoms with Gasteiger partial charge >= 0.3 is 0 Å². The molecule has 0 aromatic carbocycles. The SMILES string of the molecule is CCCCCCCCCC=C(Cl)C(Cl)=C(Cl)Cl. The van der Waals surface area contributed by atoms with Crippen molar-refractivity contribution in [1.29, 1.82) is 0 Å². The van der Waals surface area contributed by atoms with Crippen molar-refractivity contribution in [1.82, 2.24) is 0 Å². The largest absolute Gasteiger partial charge is 0.126 e. The van der Waals surface area contributed by atoms with Crippen LogP contribution in [-0.2, 0) is 0 Å². The van der Waals surface area contributed by atoms with E-state index >= 15 is 0 Å². The predicted molar refractivity (Wildman–Crippen MR) is 81.1 cm³/mol. The minimum absolute atomic E-state index is 0.0208. The first-order valence-corrected chi connectivity index (χ1v) is 7.67. The highest BCUT2D eigenvalue weighted by Gasteiger charge is 2.02. The lowest BCUT2D eigenvalue weighted by molar-refractivity contribution is 0.592. The molecule has 0 heterocycles. The maximum atomic E-state index is 5.91. The van der Waals surface area contributed by atoms with Crippen molar-refractivity contribution in [3.05, 3.63) is 20.6 Å². The summed E-state index contributed by atoms with van der Waals surface area (Å²) in [4.78, 5) is 0. The van der Waals surface area contributed by atoms with E-state index in [1.54, 1.807) is 0 Å². The van der Waals surface area contributed by atoms with Crippen molar-refractivity contribution in [2.45, 2.75) is 58.3 Å². The molecule has 0 aliphatic heterocycles. The summed E-state index contributed by atoms with van der Waals surface area (Å²) in [6.07, 6.45) is 11.8. The summed E-state index contributed by atoms with van der Waals surface area (Å²) in [5, 5.41) is 0.676. The van der Waals surface area contributed by atoms with Gasteiger partial charge in [-0.1, -0.05) is 97.9 Å². The highest BCUT2D eigenvalue weighted by molar-refractivity contribution is 6.61. The van der Waals surface area contributed by atoms with Crippen LogP contribution in [0.5, 0.6) is 0 Å². The first-order valence-electron chi connectivity index (χ1n) is 6.16. The van der Waals surface area contributed by atoms with Crippen molar-refractivity contribution in [2.24, 2.45) is 0 Å². The Bertz CT molecular complexity index is 252. The number of rotatable bonds is 9. The van der Waals surface area contributed by atoms with Gasteiger partial charge in [0.05, 0.1) is 10.1 Å². The molecular formula is C13H20Cl4. The van der Waals surface area contributed by atoms with E-state index < -0.39 is 0 Å². The minimum atomic E-state index is 0.0208. The molecule has 0 unspecified atom stereocenters. The molecule has 0 saturated carbocycles. The van der Waals surface area contributed by atoms with E-state index in [-0.39, 0.29) is 9.52 Å². The summed E-state index contributed by atoms with van der Waals surface area (Å²) in [7, 11) is 0. The second-order valence-corrected chi connectivity index (χ2v) is 5.77. The molecule has 0 saturated heterocycles. The van der Waals surface area contributed by atoms with E-state index in [9.17, 15) is 0 Å². The zero-order chi connectivity index (χ0) is 13.1. The fourth-order valence-electron chi connectivity index (χ4n) is 1.51. The van der Waals surface area contributed by atoms with Crippen molar-refractivity contribution in [3.8, 4) is 0 Å². The first-order chi connectivity index (χ1) is 8.09. The molecule has 0 rings (SSSR count). The highest BCUT2D eigenvalue weighted by Crippen LogP contribution is 2.28. The lowest BCUT2D eigenvalue weighted by Crippen LogP contribution is -1.80. The second kappa shape index (κ2) is 11.7. The Balaban J connectivity index is 3.57. The van der Waals surface area contributed by atoms with Crippen LogP contribution in [0.15, 0.2) is 20.6 Å². The molecule has 100 valence electrons. The van der Waals surface area contributed by atoms with Crippen LogP contribution in [0.3, 0.4) is 0 Å². The number of halogens is 4. The molecule has 0 aromatic heterocycles. The minimum Gasteiger partial charge on any atom is -0.0830 e. The lowest BCUT2D eigenvalue weighted by Gasteiger charge is -2.00. The quantitative estimate of drug-likeness (QED) is 0.313. The summed E-state index contributed by atoms with van der Waals surface area (Å²) in [6.45, 7) is 2.23. The Labute approximate surface area is 125 Å². The van der Waals surface area contributed by atoms with Gasteiger partial charge in [0, 0.05) is 0 Å². The third-order valence-electron chi connectivity index (χ3n) is 2.51. The van der Waals surface area contributed by atoms with Crippen LogP contribution >= 0.6 is 46.4 Å². The van der Waals surface area contributed by atoms with Gasteiger partial charge in [-0.15, -0.1) is 0 Å². The zero-order valence-electron chi connectivity index (χ0n) is 10.2. The molecule has 4 heteroatoms. The van der Waals surface area contributed by atoms with Crippen molar-refractivity contribution in [2.75, 3.05) is 0 Å². The van der Waals surface area contributed by atoms with Gasteiger partial charge in [0.25, 0.3) is 0 Å². The molecule has 0 fully saturated rings. The molecule has 17 heavy (non-hydrogen) atoms. The number of allylic oxidation sites excluding steroid dienone is 3. The Morgan fingerprint density at radius 2 is 1.35 bits per heavy atom. The van der Waals surface area contributed by atoms with Crippen molar-refractivity contribution < 1.29 is 0 Å². The van der Waals surface area contributed by atoms with E-state index in [1.165, 1.54) is 38.5 Å². The van der Waals surface area contributed by atoms with E-state index in [0.29, 0.717) is 5.03 Å². The van der Waals surface area contributed by atoms with Crippen molar-refractivity contribution in [3.63, 3.8) is 0 Å². The molecule has 0 atom stereocenters. The van der Waals surface area contributed by atoms with Gasteiger partial charge in [-0.2, -0.15) is 0 Å². The third kappa shape index (κ3) is 10.3. The third-order valence-corrected chi connectivity index (χ3v) is 3.91. The van der Waals surface area contributed by atoms with Gasteiger partial charge < -0.3 is 0 Å². The van der Waals surface area contributed by atoms with Crippen LogP contribution in [0.25, 0.3) is 0 Å². The predicted octanol–water partition coefficient (Wildman–Crippen LogP) is 7.14. The smallest absolute Gasteiger partial charge is 0.0830 e. The number of hydrogen-bond donors (Lipinski definition) is 0. The summed E-state index contributed by atoms with van der Waals surface area (Å²) < 4.78 is 0.0208. The van der Waals surface area contributed by atoms with E-state index in [2.05, 4.69) is 6.92 Å². The van der Waals surface area contributed by atoms with Gasteiger partial charge in [-0.3, -0.25) is 0 Å². The summed E-state index contributed by atoms with van der Waals surface area (Å²) in [5.41, 5.74) is 0. The Morgan fingerprint density at radius 1 is 0.824 bits per heavy atom. The van der Waals surface area contributed by atoms with Crippen LogP contribution < -0.4 is 0 Å². The van der Waals surface area contributed by atoms with E-state index in [1.807, 2.05) is 6.08 Å². The second-order valence-electron chi connectivity index (χ2n) is 4.04. The van der Waals surface area contributed by atoms with Gasteiger partial charge in [0.2, 0.25) is 0 Å². The van der Waals surface area contributed by atoms with E-state index in [4.69, 9.17) is 46.4 Å². The fourth-order valence-corrected chi connectivity index (χ4v) is 2.09. The lowest BCUT2D eigenvalue weighted by atomic mass is 10.1. The summed E-state index contributed by atoms with van der Waals surface area (Å²) in [5.74, 6) is 0. The van der Waals surface area contributed by atoms with Gasteiger partial charge in [0.1, 0.15) is 4.49 Å². The van der Waals surface area contributed by atoms with Crippen LogP contribution in [0, 0.1) is 0 Å². The summed E-state index contributed by atoms with van der Waals surface area (Å²) >= 11 is 22.7. The van der Waals surface area contributed by atoms with Gasteiger partial charge in [0.15, 0.2) is 0 Å². The fraction of sp³-hybridized carbons (Fsp3) is 0.692. The molecule has 0 aliphatic rings. The zero-order valence-corrected chi connectivity index (χ0v) is 13.3. The molecule has 0 N–H and O–H groups in total. The molecular weight excluding hydrogens is 298 g/mol. The molecule has 0 aromatic rings. The standard InChI is InChI=1S/C13H20Cl4/c1-2-3-4-5-6-7-8-9-10-11(14)12(15)13(16)17/h10H,2-9H2,1H3. The molecule has 0 spiro atoms. The molecule has 0 aliphatic carbocycles. The Hall–Kier alpha value is 0.640. The maximum absolute atomic E-state index is 5.91. The molecule has 0 bridgehead atoms. The van der Waals surface area contributed by atoms with Crippen LogP contribution in [0.4, 0.5) is 0 Å². The number of hydrogen-bond acceptors (Lipinski definition) is 0. The highest BCUT2D eigenvalue weighted by atomic mass is 35.5. The Morgan fingerprint density at radius 3 is 1.88 bits per heavy atom. The molecule has 0 radical (unpaired) electrons. The summed E-state index contributed by atoms with van der Waals surface area (Å²) in [6, 6.07) is 0. The van der Waals surface area contributed by atoms with Crippen LogP contribution in [0.1, 0.15) is 58.3 Å². The van der Waals surface area contributed by atoms with Gasteiger partial charge in [-0.25, -0.2) is 0 Å². The van der Waals surface area contributed by atoms with Crippen LogP contribution in [0.2, 0.25) is 0 Å². The Kier molecular flexibility index (Phi) is 12.2. The first kappa shape index (κ1) is 17.6. The van der Waals surface area contributed by atoms with Gasteiger partial charge in [-0.05, 0) is 12.8 Å². The van der Waals surface area contributed by atoms with E-state index in [0.717, 1.165) is 12.8 Å². The normalized spacial score (nSPS) is 11.7. The maximum Gasteiger partial charge on any atom is 0.126 e. The number of unbranched alkanes of at least 4 members (excludes halogenated alkanes) is 7. The average molecular weight is 318 g/mol. The average Bonchev–Trinajstić information content (AvgIpc) is 2.31. The molecule has 0 amide bonds. The topological polar surface area (TPSA) is 0 Å². The monoisotopic (exact) mass is 316 g/mol. The molecule has 0 nitrogen and oxygen atoms in total. The van der Waals surface area contributed by atoms with Crippen molar-refractivity contribution >= 4 is 46.4 Å². The van der Waals surface area contributed by atoms with Crippen LogP contribution in [-0.4, -0.2) is 0 Å².